The van der Waals surface area contributed by atoms with E-state index in [2.05, 4.69) is 11.3 Å². The summed E-state index contributed by atoms with van der Waals surface area (Å²) < 4.78 is 110. The van der Waals surface area contributed by atoms with Crippen LogP contribution in [-0.2, 0) is 19.1 Å². The number of unbranched alkanes of at least 4 members (excludes halogenated alkanes) is 2. The number of alkyl halides is 8. The molecule has 0 aliphatic carbocycles. The second-order valence-electron chi connectivity index (χ2n) is 5.72. The van der Waals surface area contributed by atoms with E-state index in [9.17, 15) is 44.7 Å². The monoisotopic (exact) mass is 428 g/mol. The van der Waals surface area contributed by atoms with Crippen molar-refractivity contribution in [2.75, 3.05) is 13.2 Å². The molecule has 0 aliphatic rings. The first kappa shape index (κ1) is 26.1. The van der Waals surface area contributed by atoms with Crippen LogP contribution in [-0.4, -0.2) is 49.3 Å². The van der Waals surface area contributed by atoms with E-state index in [1.807, 2.05) is 0 Å². The lowest BCUT2D eigenvalue weighted by molar-refractivity contribution is -0.344. The Morgan fingerprint density at radius 1 is 0.893 bits per heavy atom. The van der Waals surface area contributed by atoms with Crippen LogP contribution >= 0.6 is 0 Å². The zero-order valence-electron chi connectivity index (χ0n) is 14.7. The zero-order valence-corrected chi connectivity index (χ0v) is 14.7. The number of ether oxygens (including phenoxy) is 2. The van der Waals surface area contributed by atoms with Crippen molar-refractivity contribution in [2.45, 2.75) is 62.7 Å². The molecule has 0 fully saturated rings. The summed E-state index contributed by atoms with van der Waals surface area (Å²) in [6, 6.07) is 0. The molecule has 0 unspecified atom stereocenters. The highest BCUT2D eigenvalue weighted by Crippen LogP contribution is 2.48. The van der Waals surface area contributed by atoms with Crippen LogP contribution in [0.4, 0.5) is 35.1 Å². The lowest BCUT2D eigenvalue weighted by Crippen LogP contribution is -2.59. The summed E-state index contributed by atoms with van der Waals surface area (Å²) in [6.45, 7) is 1.11. The van der Waals surface area contributed by atoms with Crippen LogP contribution in [0.25, 0.3) is 0 Å². The molecule has 0 aromatic carbocycles. The lowest BCUT2D eigenvalue weighted by Gasteiger charge is -2.31. The number of hydrogen-bond acceptors (Lipinski definition) is 4. The van der Waals surface area contributed by atoms with E-state index >= 15 is 0 Å². The van der Waals surface area contributed by atoms with Gasteiger partial charge < -0.3 is 9.47 Å². The van der Waals surface area contributed by atoms with E-state index in [-0.39, 0.29) is 19.4 Å². The molecule has 0 aliphatic heterocycles. The number of hydrogen-bond donors (Lipinski definition) is 0. The summed E-state index contributed by atoms with van der Waals surface area (Å²) >= 11 is 0. The Labute approximate surface area is 155 Å². The molecule has 0 rings (SSSR count). The number of carbonyl (C=O) groups excluding carboxylic acids is 2. The average molecular weight is 428 g/mol. The van der Waals surface area contributed by atoms with Gasteiger partial charge in [-0.2, -0.15) is 26.3 Å². The molecule has 0 N–H and O–H groups in total. The van der Waals surface area contributed by atoms with Crippen LogP contribution in [0.15, 0.2) is 12.7 Å². The van der Waals surface area contributed by atoms with E-state index in [1.54, 1.807) is 6.08 Å². The number of esters is 2. The van der Waals surface area contributed by atoms with Gasteiger partial charge in [0.15, 0.2) is 6.61 Å². The Morgan fingerprint density at radius 3 is 1.93 bits per heavy atom. The summed E-state index contributed by atoms with van der Waals surface area (Å²) in [5.74, 6) is -20.7. The quantitative estimate of drug-likeness (QED) is 0.173. The third kappa shape index (κ3) is 7.63. The molecule has 4 nitrogen and oxygen atoms in total. The predicted octanol–water partition coefficient (Wildman–Crippen LogP) is 4.77. The topological polar surface area (TPSA) is 52.6 Å². The standard InChI is InChI=1S/C16H20F8O4/c1-2-3-4-5-9-27-11(25)7-6-8-12(26)28-10-14(19,20)16(23,24)15(21,22)13(17)18/h2,13H,1,3-10H2. The van der Waals surface area contributed by atoms with Gasteiger partial charge in [0.25, 0.3) is 0 Å². The first-order chi connectivity index (χ1) is 12.8. The largest absolute Gasteiger partial charge is 0.466 e. The highest BCUT2D eigenvalue weighted by molar-refractivity contribution is 5.72. The average Bonchev–Trinajstić information content (AvgIpc) is 2.59. The SMILES string of the molecule is C=CCCCCOC(=O)CCCC(=O)OCC(F)(F)C(F)(F)C(F)(F)C(F)F. The van der Waals surface area contributed by atoms with Crippen molar-refractivity contribution >= 4 is 11.9 Å². The molecule has 0 saturated heterocycles. The molecule has 0 heterocycles. The number of rotatable bonds is 14. The maximum absolute atomic E-state index is 13.2. The number of halogens is 8. The lowest BCUT2D eigenvalue weighted by atomic mass is 10.1. The molecule has 12 heteroatoms. The van der Waals surface area contributed by atoms with Crippen molar-refractivity contribution in [1.82, 2.24) is 0 Å². The molecule has 0 amide bonds. The van der Waals surface area contributed by atoms with Gasteiger partial charge in [0.2, 0.25) is 0 Å². The minimum absolute atomic E-state index is 0.122. The van der Waals surface area contributed by atoms with Crippen molar-refractivity contribution in [3.8, 4) is 0 Å². The van der Waals surface area contributed by atoms with E-state index in [0.717, 1.165) is 12.8 Å². The van der Waals surface area contributed by atoms with Gasteiger partial charge in [0, 0.05) is 12.8 Å². The number of allylic oxidation sites excluding steroid dienone is 1. The molecular weight excluding hydrogens is 408 g/mol. The minimum atomic E-state index is -6.44. The van der Waals surface area contributed by atoms with Crippen LogP contribution in [0.5, 0.6) is 0 Å². The zero-order chi connectivity index (χ0) is 22.0. The van der Waals surface area contributed by atoms with Crippen molar-refractivity contribution in [3.63, 3.8) is 0 Å². The molecular formula is C16H20F8O4. The first-order valence-electron chi connectivity index (χ1n) is 8.13. The Morgan fingerprint density at radius 2 is 1.43 bits per heavy atom. The van der Waals surface area contributed by atoms with Crippen LogP contribution in [0.1, 0.15) is 38.5 Å². The third-order valence-corrected chi connectivity index (χ3v) is 3.39. The molecule has 0 aromatic rings. The van der Waals surface area contributed by atoms with Gasteiger partial charge in [-0.25, -0.2) is 8.78 Å². The molecule has 164 valence electrons. The maximum Gasteiger partial charge on any atom is 0.381 e. The van der Waals surface area contributed by atoms with Crippen molar-refractivity contribution in [2.24, 2.45) is 0 Å². The van der Waals surface area contributed by atoms with Crippen molar-refractivity contribution < 1.29 is 54.2 Å². The fraction of sp³-hybridized carbons (Fsp3) is 0.750. The van der Waals surface area contributed by atoms with Gasteiger partial charge in [0.1, 0.15) is 0 Å². The summed E-state index contributed by atoms with van der Waals surface area (Å²) in [6.07, 6.45) is -2.52. The van der Waals surface area contributed by atoms with Gasteiger partial charge >= 0.3 is 36.1 Å². The fourth-order valence-corrected chi connectivity index (χ4v) is 1.74. The highest BCUT2D eigenvalue weighted by atomic mass is 19.4. The van der Waals surface area contributed by atoms with E-state index in [0.29, 0.717) is 6.42 Å². The van der Waals surface area contributed by atoms with Gasteiger partial charge in [-0.3, -0.25) is 9.59 Å². The molecule has 0 saturated carbocycles. The van der Waals surface area contributed by atoms with Crippen LogP contribution in [0.3, 0.4) is 0 Å². The van der Waals surface area contributed by atoms with Crippen LogP contribution < -0.4 is 0 Å². The molecule has 0 radical (unpaired) electrons. The van der Waals surface area contributed by atoms with Gasteiger partial charge in [-0.1, -0.05) is 6.08 Å². The smallest absolute Gasteiger partial charge is 0.381 e. The maximum atomic E-state index is 13.2. The van der Waals surface area contributed by atoms with E-state index in [1.165, 1.54) is 0 Å². The molecule has 0 bridgehead atoms. The van der Waals surface area contributed by atoms with Crippen LogP contribution in [0.2, 0.25) is 0 Å². The van der Waals surface area contributed by atoms with Crippen molar-refractivity contribution in [3.05, 3.63) is 12.7 Å². The van der Waals surface area contributed by atoms with E-state index in [4.69, 9.17) is 4.74 Å². The number of carbonyl (C=O) groups is 2. The second kappa shape index (κ2) is 11.2. The Bertz CT molecular complexity index is 523. The second-order valence-corrected chi connectivity index (χ2v) is 5.72. The van der Waals surface area contributed by atoms with Gasteiger partial charge in [-0.15, -0.1) is 6.58 Å². The molecule has 0 atom stereocenters. The molecule has 28 heavy (non-hydrogen) atoms. The highest BCUT2D eigenvalue weighted by Gasteiger charge is 2.75. The van der Waals surface area contributed by atoms with Crippen LogP contribution in [0, 0.1) is 0 Å². The summed E-state index contributed by atoms with van der Waals surface area (Å²) in [5, 5.41) is 0. The Balaban J connectivity index is 4.30. The summed E-state index contributed by atoms with van der Waals surface area (Å²) in [5.41, 5.74) is 0. The predicted molar refractivity (Wildman–Crippen MR) is 80.7 cm³/mol. The molecule has 0 aromatic heterocycles. The normalized spacial score (nSPS) is 12.8. The summed E-state index contributed by atoms with van der Waals surface area (Å²) in [7, 11) is 0. The summed E-state index contributed by atoms with van der Waals surface area (Å²) in [4.78, 5) is 22.5. The van der Waals surface area contributed by atoms with E-state index < -0.39 is 49.2 Å². The first-order valence-corrected chi connectivity index (χ1v) is 8.13. The molecule has 0 spiro atoms. The minimum Gasteiger partial charge on any atom is -0.466 e. The van der Waals surface area contributed by atoms with Gasteiger partial charge in [0.05, 0.1) is 6.61 Å². The fourth-order valence-electron chi connectivity index (χ4n) is 1.74. The Kier molecular flexibility index (Phi) is 10.4. The van der Waals surface area contributed by atoms with Gasteiger partial charge in [-0.05, 0) is 25.7 Å². The Hall–Kier alpha value is -1.88. The third-order valence-electron chi connectivity index (χ3n) is 3.39. The van der Waals surface area contributed by atoms with Crippen molar-refractivity contribution in [1.29, 1.82) is 0 Å².